The predicted molar refractivity (Wildman–Crippen MR) is 384 cm³/mol. The molecule has 574 valence electrons. The van der Waals surface area contributed by atoms with E-state index in [4.69, 9.17) is 10.2 Å². The number of aliphatic hydroxyl groups is 10. The monoisotopic (exact) mass is 1390 g/mol. The maximum atomic E-state index is 13.2. The van der Waals surface area contributed by atoms with Crippen LogP contribution < -0.4 is 53.2 Å². The van der Waals surface area contributed by atoms with Crippen molar-refractivity contribution in [1.29, 1.82) is 0 Å². The van der Waals surface area contributed by atoms with Gasteiger partial charge in [0, 0.05) is 58.5 Å². The molecule has 0 unspecified atom stereocenters. The van der Waals surface area contributed by atoms with Crippen LogP contribution in [0.5, 0.6) is 0 Å². The third kappa shape index (κ3) is 56.0. The number of carbonyl (C=O) groups excluding carboxylic acids is 5. The Kier molecular flexibility index (Phi) is 66.2. The van der Waals surface area contributed by atoms with Crippen LogP contribution in [0.3, 0.4) is 0 Å². The molecule has 0 aliphatic rings. The van der Waals surface area contributed by atoms with Crippen molar-refractivity contribution in [2.75, 3.05) is 132 Å². The van der Waals surface area contributed by atoms with E-state index in [-0.39, 0.29) is 50.8 Å². The molecule has 0 aromatic heterocycles. The molecular weight excluding hydrogens is 1250 g/mol. The molecule has 0 rings (SSSR count). The summed E-state index contributed by atoms with van der Waals surface area (Å²) in [6.07, 6.45) is 24.8. The maximum absolute atomic E-state index is 13.2. The molecule has 26 nitrogen and oxygen atoms in total. The Morgan fingerprint density at radius 1 is 0.309 bits per heavy atom. The van der Waals surface area contributed by atoms with E-state index >= 15 is 0 Å². The van der Waals surface area contributed by atoms with Gasteiger partial charge in [0.15, 0.2) is 12.2 Å². The Morgan fingerprint density at radius 2 is 0.608 bits per heavy atom. The van der Waals surface area contributed by atoms with Crippen molar-refractivity contribution in [3.05, 3.63) is 0 Å². The fourth-order valence-electron chi connectivity index (χ4n) is 11.5. The normalized spacial score (nSPS) is 14.2. The summed E-state index contributed by atoms with van der Waals surface area (Å²) in [6, 6.07) is 0. The standard InChI is InChI=1S/C71H145N11O15/c1-72-40-28-30-42-74-44-32-34-46-76-54-58(55-77-47-35-33-45-75-43-31-29-41-73-2)36-24-21-23-27-48-78-61(87)37-25-20-18-16-14-12-10-8-6-4-3-5-7-9-11-13-15-17-19-22-26-49-79-62(88)38-39-63(89)82(52-50-80-70(96)68(94)66(92)64(90)59(85)56-83)53-51-81-71(97)69(95)67(93)65(91)60(86)57-84/h58-60,64-69,72-77,83-86,90-95H,3-57H2,1-2H3,(H,78,87)(H,79,88)(H,80,96)(H,81,97)/t59-,60-,64-,65-,66+,67+,68-,69-/m1/s1. The predicted octanol–water partition coefficient (Wildman–Crippen LogP) is 2.00. The van der Waals surface area contributed by atoms with Crippen LogP contribution in [0, 0.1) is 5.92 Å². The second-order valence-electron chi connectivity index (χ2n) is 26.7. The average molecular weight is 1390 g/mol. The maximum Gasteiger partial charge on any atom is 0.251 e. The molecule has 0 radical (unpaired) electrons. The molecule has 0 aromatic rings. The number of nitrogens with zero attached hydrogens (tertiary/aromatic N) is 1. The second kappa shape index (κ2) is 68.5. The van der Waals surface area contributed by atoms with Crippen molar-refractivity contribution < 1.29 is 75.0 Å². The van der Waals surface area contributed by atoms with Crippen LogP contribution in [-0.2, 0) is 24.0 Å². The average Bonchev–Trinajstić information content (AvgIpc) is 1.43. The first-order chi connectivity index (χ1) is 47.0. The molecule has 0 saturated carbocycles. The molecule has 0 fully saturated rings. The van der Waals surface area contributed by atoms with Crippen molar-refractivity contribution >= 4 is 29.5 Å². The molecule has 20 N–H and O–H groups in total. The van der Waals surface area contributed by atoms with E-state index in [0.717, 1.165) is 122 Å². The minimum absolute atomic E-state index is 0.165. The number of aliphatic hydroxyl groups excluding tert-OH is 10. The van der Waals surface area contributed by atoms with Crippen molar-refractivity contribution in [1.82, 2.24) is 58.1 Å². The summed E-state index contributed by atoms with van der Waals surface area (Å²) >= 11 is 0. The SMILES string of the molecule is CNCCCCNCCCCNCC(CCCCCCNC(=O)CCCCCCCCCCCCCCCCCCCCCCCNC(=O)CCC(=O)N(CCNC(=O)[C@H](O)[C@@H](O)[C@H](O)[C@H](O)CO)CCNC(=O)[C@H](O)[C@@H](O)[C@H](O)[C@H](O)CO)CNCCCCNCCCCNC. The minimum atomic E-state index is -2.22. The van der Waals surface area contributed by atoms with Gasteiger partial charge in [-0.2, -0.15) is 0 Å². The summed E-state index contributed by atoms with van der Waals surface area (Å²) in [6.45, 7) is 9.23. The Hall–Kier alpha value is -3.29. The highest BCUT2D eigenvalue weighted by Gasteiger charge is 2.35. The second-order valence-corrected chi connectivity index (χ2v) is 26.7. The molecule has 26 heteroatoms. The van der Waals surface area contributed by atoms with Gasteiger partial charge in [-0.1, -0.05) is 141 Å². The third-order valence-corrected chi connectivity index (χ3v) is 17.9. The first-order valence-corrected chi connectivity index (χ1v) is 38.2. The van der Waals surface area contributed by atoms with Gasteiger partial charge >= 0.3 is 0 Å². The van der Waals surface area contributed by atoms with Gasteiger partial charge in [-0.05, 0) is 163 Å². The molecule has 0 aromatic carbocycles. The first kappa shape index (κ1) is 93.7. The van der Waals surface area contributed by atoms with Crippen molar-refractivity contribution in [3.8, 4) is 0 Å². The number of unbranched alkanes of at least 4 members (excludes halogenated alkanes) is 27. The summed E-state index contributed by atoms with van der Waals surface area (Å²) in [5, 5.41) is 129. The van der Waals surface area contributed by atoms with Crippen LogP contribution in [-0.4, -0.2) is 266 Å². The Bertz CT molecular complexity index is 1760. The summed E-state index contributed by atoms with van der Waals surface area (Å²) < 4.78 is 0. The number of nitrogens with one attached hydrogen (secondary N) is 10. The Morgan fingerprint density at radius 3 is 0.959 bits per heavy atom. The first-order valence-electron chi connectivity index (χ1n) is 38.2. The van der Waals surface area contributed by atoms with Gasteiger partial charge in [0.2, 0.25) is 17.7 Å². The molecule has 0 spiro atoms. The third-order valence-electron chi connectivity index (χ3n) is 17.9. The molecule has 0 aliphatic heterocycles. The lowest BCUT2D eigenvalue weighted by Crippen LogP contribution is -2.53. The molecule has 0 bridgehead atoms. The number of carbonyl (C=O) groups is 5. The van der Waals surface area contributed by atoms with E-state index in [1.54, 1.807) is 0 Å². The Labute approximate surface area is 584 Å². The van der Waals surface area contributed by atoms with Crippen molar-refractivity contribution in [3.63, 3.8) is 0 Å². The van der Waals surface area contributed by atoms with Crippen molar-refractivity contribution in [2.45, 2.75) is 286 Å². The highest BCUT2D eigenvalue weighted by molar-refractivity contribution is 5.84. The van der Waals surface area contributed by atoms with Gasteiger partial charge in [0.1, 0.15) is 36.6 Å². The summed E-state index contributed by atoms with van der Waals surface area (Å²) in [4.78, 5) is 64.4. The van der Waals surface area contributed by atoms with Crippen LogP contribution in [0.2, 0.25) is 0 Å². The molecule has 5 amide bonds. The summed E-state index contributed by atoms with van der Waals surface area (Å²) in [5.74, 6) is -2.40. The Balaban J connectivity index is 4.09. The molecule has 0 aliphatic carbocycles. The summed E-state index contributed by atoms with van der Waals surface area (Å²) in [5.41, 5.74) is 0. The molecule has 8 atom stereocenters. The van der Waals surface area contributed by atoms with Crippen LogP contribution in [0.25, 0.3) is 0 Å². The van der Waals surface area contributed by atoms with Gasteiger partial charge in [-0.25, -0.2) is 0 Å². The minimum Gasteiger partial charge on any atom is -0.394 e. The van der Waals surface area contributed by atoms with Crippen LogP contribution in [0.4, 0.5) is 0 Å². The quantitative estimate of drug-likeness (QED) is 0.0387. The smallest absolute Gasteiger partial charge is 0.251 e. The zero-order valence-corrected chi connectivity index (χ0v) is 60.5. The van der Waals surface area contributed by atoms with E-state index in [0.29, 0.717) is 18.9 Å². The fraction of sp³-hybridized carbons (Fsp3) is 0.930. The van der Waals surface area contributed by atoms with E-state index < -0.39 is 79.8 Å². The van der Waals surface area contributed by atoms with Gasteiger partial charge in [-0.15, -0.1) is 0 Å². The van der Waals surface area contributed by atoms with Gasteiger partial charge in [0.05, 0.1) is 13.2 Å². The van der Waals surface area contributed by atoms with Crippen LogP contribution in [0.1, 0.15) is 238 Å². The fourth-order valence-corrected chi connectivity index (χ4v) is 11.5. The van der Waals surface area contributed by atoms with Crippen LogP contribution in [0.15, 0.2) is 0 Å². The van der Waals surface area contributed by atoms with Crippen molar-refractivity contribution in [2.24, 2.45) is 5.92 Å². The molecule has 97 heavy (non-hydrogen) atoms. The molecular formula is C71H145N11O15. The molecule has 0 heterocycles. The van der Waals surface area contributed by atoms with Gasteiger partial charge in [0.25, 0.3) is 11.8 Å². The number of rotatable bonds is 74. The lowest BCUT2D eigenvalue weighted by Gasteiger charge is -2.27. The highest BCUT2D eigenvalue weighted by Crippen LogP contribution is 2.17. The topological polar surface area (TPSA) is 411 Å². The van der Waals surface area contributed by atoms with E-state index in [9.17, 15) is 64.8 Å². The van der Waals surface area contributed by atoms with Crippen LogP contribution >= 0.6 is 0 Å². The zero-order chi connectivity index (χ0) is 71.6. The number of amides is 5. The van der Waals surface area contributed by atoms with Gasteiger partial charge in [-0.3, -0.25) is 24.0 Å². The lowest BCUT2D eigenvalue weighted by molar-refractivity contribution is -0.149. The van der Waals surface area contributed by atoms with E-state index in [1.165, 1.54) is 173 Å². The number of hydrogen-bond donors (Lipinski definition) is 20. The lowest BCUT2D eigenvalue weighted by atomic mass is 10.00. The number of hydrogen-bond acceptors (Lipinski definition) is 21. The van der Waals surface area contributed by atoms with E-state index in [2.05, 4.69) is 53.2 Å². The molecule has 0 saturated heterocycles. The van der Waals surface area contributed by atoms with E-state index in [1.807, 2.05) is 14.1 Å². The largest absolute Gasteiger partial charge is 0.394 e. The highest BCUT2D eigenvalue weighted by atomic mass is 16.4. The van der Waals surface area contributed by atoms with Gasteiger partial charge < -0.3 is 109 Å². The zero-order valence-electron chi connectivity index (χ0n) is 60.5. The summed E-state index contributed by atoms with van der Waals surface area (Å²) in [7, 11) is 4.03.